The zero-order chi connectivity index (χ0) is 16.4. The molecule has 1 aromatic rings. The number of amides is 1. The molecule has 1 heterocycles. The smallest absolute Gasteiger partial charge is 0.253 e. The van der Waals surface area contributed by atoms with Gasteiger partial charge in [0, 0.05) is 31.7 Å². The number of rotatable bonds is 4. The van der Waals surface area contributed by atoms with Crippen molar-refractivity contribution in [2.45, 2.75) is 49.5 Å². The van der Waals surface area contributed by atoms with Gasteiger partial charge in [-0.1, -0.05) is 19.3 Å². The summed E-state index contributed by atoms with van der Waals surface area (Å²) in [4.78, 5) is 14.2. The Morgan fingerprint density at radius 3 is 2.17 bits per heavy atom. The lowest BCUT2D eigenvalue weighted by atomic mass is 9.96. The molecule has 1 aromatic carbocycles. The molecular weight excluding hydrogens is 312 g/mol. The summed E-state index contributed by atoms with van der Waals surface area (Å²) in [5, 5.41) is 0. The summed E-state index contributed by atoms with van der Waals surface area (Å²) in [6, 6.07) is 6.46. The van der Waals surface area contributed by atoms with Crippen molar-refractivity contribution in [3.8, 4) is 0 Å². The molecule has 126 valence electrons. The Labute approximate surface area is 138 Å². The number of hydrogen-bond acceptors (Lipinski definition) is 3. The van der Waals surface area contributed by atoms with Crippen LogP contribution in [0.15, 0.2) is 29.2 Å². The predicted octanol–water partition coefficient (Wildman–Crippen LogP) is 2.49. The molecule has 3 rings (SSSR count). The molecule has 0 spiro atoms. The maximum absolute atomic E-state index is 12.7. The Morgan fingerprint density at radius 2 is 1.65 bits per heavy atom. The largest absolute Gasteiger partial charge is 0.339 e. The van der Waals surface area contributed by atoms with E-state index in [-0.39, 0.29) is 16.8 Å². The first kappa shape index (κ1) is 16.5. The first-order valence-corrected chi connectivity index (χ1v) is 9.81. The molecule has 5 nitrogen and oxygen atoms in total. The predicted molar refractivity (Wildman–Crippen MR) is 88.8 cm³/mol. The maximum Gasteiger partial charge on any atom is 0.253 e. The van der Waals surface area contributed by atoms with Gasteiger partial charge in [-0.3, -0.25) is 4.79 Å². The molecule has 2 aliphatic rings. The van der Waals surface area contributed by atoms with Crippen molar-refractivity contribution in [3.05, 3.63) is 29.8 Å². The van der Waals surface area contributed by atoms with Crippen LogP contribution in [0.1, 0.15) is 48.9 Å². The van der Waals surface area contributed by atoms with Crippen molar-refractivity contribution < 1.29 is 13.2 Å². The normalized spacial score (nSPS) is 19.7. The minimum atomic E-state index is -3.48. The Hall–Kier alpha value is -1.40. The summed E-state index contributed by atoms with van der Waals surface area (Å²) in [6.07, 6.45) is 6.28. The molecule has 0 N–H and O–H groups in total. The molecule has 0 bridgehead atoms. The molecule has 0 unspecified atom stereocenters. The second-order valence-corrected chi connectivity index (χ2v) is 8.48. The third-order valence-corrected chi connectivity index (χ3v) is 6.93. The lowest BCUT2D eigenvalue weighted by Gasteiger charge is -2.31. The Morgan fingerprint density at radius 1 is 1.04 bits per heavy atom. The van der Waals surface area contributed by atoms with Crippen LogP contribution in [0.4, 0.5) is 0 Å². The molecule has 1 saturated carbocycles. The van der Waals surface area contributed by atoms with Crippen LogP contribution >= 0.6 is 0 Å². The lowest BCUT2D eigenvalue weighted by Crippen LogP contribution is -2.42. The zero-order valence-electron chi connectivity index (χ0n) is 13.6. The van der Waals surface area contributed by atoms with Gasteiger partial charge in [0.25, 0.3) is 5.91 Å². The van der Waals surface area contributed by atoms with E-state index in [1.165, 1.54) is 10.7 Å². The number of carbonyl (C=O) groups excluding carboxylic acids is 1. The molecule has 1 amide bonds. The Kier molecular flexibility index (Phi) is 4.73. The Bertz CT molecular complexity index is 660. The molecule has 0 aromatic heterocycles. The molecular formula is C17H24N2O3S. The third kappa shape index (κ3) is 3.28. The second kappa shape index (κ2) is 6.61. The number of carbonyl (C=O) groups is 1. The van der Waals surface area contributed by atoms with E-state index in [0.29, 0.717) is 5.56 Å². The highest BCUT2D eigenvalue weighted by atomic mass is 32.2. The molecule has 23 heavy (non-hydrogen) atoms. The van der Waals surface area contributed by atoms with Crippen molar-refractivity contribution in [1.82, 2.24) is 9.21 Å². The van der Waals surface area contributed by atoms with Crippen molar-refractivity contribution in [2.24, 2.45) is 0 Å². The molecule has 1 saturated heterocycles. The Balaban J connectivity index is 1.75. The fourth-order valence-electron chi connectivity index (χ4n) is 3.28. The standard InChI is InChI=1S/C17H24N2O3S/c1-18(15-6-3-2-4-7-15)23(21,22)16-10-8-14(9-11-16)17(20)19-12-5-13-19/h8-11,15H,2-7,12-13H2,1H3. The number of hydrogen-bond donors (Lipinski definition) is 0. The van der Waals surface area contributed by atoms with Gasteiger partial charge < -0.3 is 4.90 Å². The van der Waals surface area contributed by atoms with Gasteiger partial charge in [0.2, 0.25) is 10.0 Å². The topological polar surface area (TPSA) is 57.7 Å². The van der Waals surface area contributed by atoms with E-state index in [4.69, 9.17) is 0 Å². The number of likely N-dealkylation sites (tertiary alicyclic amines) is 1. The van der Waals surface area contributed by atoms with E-state index in [9.17, 15) is 13.2 Å². The van der Waals surface area contributed by atoms with Crippen LogP contribution in [0.5, 0.6) is 0 Å². The summed E-state index contributed by atoms with van der Waals surface area (Å²) >= 11 is 0. The van der Waals surface area contributed by atoms with E-state index in [2.05, 4.69) is 0 Å². The van der Waals surface area contributed by atoms with Crippen LogP contribution in [-0.4, -0.2) is 49.7 Å². The van der Waals surface area contributed by atoms with Crippen molar-refractivity contribution in [2.75, 3.05) is 20.1 Å². The van der Waals surface area contributed by atoms with Crippen LogP contribution in [0.3, 0.4) is 0 Å². The summed E-state index contributed by atoms with van der Waals surface area (Å²) in [5.74, 6) is -0.0131. The molecule has 0 atom stereocenters. The van der Waals surface area contributed by atoms with Gasteiger partial charge in [0.15, 0.2) is 0 Å². The monoisotopic (exact) mass is 336 g/mol. The van der Waals surface area contributed by atoms with Crippen molar-refractivity contribution in [1.29, 1.82) is 0 Å². The molecule has 2 fully saturated rings. The van der Waals surface area contributed by atoms with Crippen LogP contribution < -0.4 is 0 Å². The van der Waals surface area contributed by atoms with Crippen molar-refractivity contribution in [3.63, 3.8) is 0 Å². The highest BCUT2D eigenvalue weighted by Crippen LogP contribution is 2.26. The summed E-state index contributed by atoms with van der Waals surface area (Å²) in [7, 11) is -1.81. The first-order valence-electron chi connectivity index (χ1n) is 8.37. The highest BCUT2D eigenvalue weighted by Gasteiger charge is 2.29. The minimum absolute atomic E-state index is 0.0131. The van der Waals surface area contributed by atoms with Gasteiger partial charge in [-0.2, -0.15) is 4.31 Å². The number of benzene rings is 1. The van der Waals surface area contributed by atoms with Gasteiger partial charge >= 0.3 is 0 Å². The number of sulfonamides is 1. The second-order valence-electron chi connectivity index (χ2n) is 6.48. The van der Waals surface area contributed by atoms with Gasteiger partial charge in [-0.15, -0.1) is 0 Å². The highest BCUT2D eigenvalue weighted by molar-refractivity contribution is 7.89. The van der Waals surface area contributed by atoms with Gasteiger partial charge in [-0.05, 0) is 43.5 Å². The van der Waals surface area contributed by atoms with Crippen molar-refractivity contribution >= 4 is 15.9 Å². The fraction of sp³-hybridized carbons (Fsp3) is 0.588. The van der Waals surface area contributed by atoms with Gasteiger partial charge in [0.1, 0.15) is 0 Å². The molecule has 0 radical (unpaired) electrons. The maximum atomic E-state index is 12.7. The molecule has 6 heteroatoms. The van der Waals surface area contributed by atoms with Gasteiger partial charge in [-0.25, -0.2) is 8.42 Å². The van der Waals surface area contributed by atoms with E-state index in [0.717, 1.165) is 45.2 Å². The zero-order valence-corrected chi connectivity index (χ0v) is 14.4. The molecule has 1 aliphatic carbocycles. The quantitative estimate of drug-likeness (QED) is 0.849. The van der Waals surface area contributed by atoms with Crippen LogP contribution in [0.25, 0.3) is 0 Å². The average Bonchev–Trinajstić information content (AvgIpc) is 2.53. The van der Waals surface area contributed by atoms with Crippen LogP contribution in [0, 0.1) is 0 Å². The summed E-state index contributed by atoms with van der Waals surface area (Å²) in [6.45, 7) is 1.59. The SMILES string of the molecule is CN(C1CCCCC1)S(=O)(=O)c1ccc(C(=O)N2CCC2)cc1. The van der Waals surface area contributed by atoms with E-state index >= 15 is 0 Å². The van der Waals surface area contributed by atoms with Gasteiger partial charge in [0.05, 0.1) is 4.90 Å². The van der Waals surface area contributed by atoms with Crippen LogP contribution in [0.2, 0.25) is 0 Å². The lowest BCUT2D eigenvalue weighted by molar-refractivity contribution is 0.0651. The van der Waals surface area contributed by atoms with E-state index in [1.54, 1.807) is 36.2 Å². The van der Waals surface area contributed by atoms with E-state index < -0.39 is 10.0 Å². The third-order valence-electron chi connectivity index (χ3n) is 5.01. The fourth-order valence-corrected chi connectivity index (χ4v) is 4.69. The summed E-state index contributed by atoms with van der Waals surface area (Å²) in [5.41, 5.74) is 0.559. The summed E-state index contributed by atoms with van der Waals surface area (Å²) < 4.78 is 27.0. The molecule has 1 aliphatic heterocycles. The minimum Gasteiger partial charge on any atom is -0.339 e. The number of nitrogens with zero attached hydrogens (tertiary/aromatic N) is 2. The average molecular weight is 336 g/mol. The van der Waals surface area contributed by atoms with E-state index in [1.807, 2.05) is 0 Å². The first-order chi connectivity index (χ1) is 11.0. The van der Waals surface area contributed by atoms with Crippen LogP contribution in [-0.2, 0) is 10.0 Å².